The molecule has 0 saturated carbocycles. The van der Waals surface area contributed by atoms with Crippen molar-refractivity contribution in [2.45, 2.75) is 6.42 Å². The Morgan fingerprint density at radius 2 is 2.38 bits per heavy atom. The first-order valence-corrected chi connectivity index (χ1v) is 2.60. The Kier molecular flexibility index (Phi) is 4.61. The van der Waals surface area contributed by atoms with Crippen molar-refractivity contribution >= 4 is 17.9 Å². The maximum absolute atomic E-state index is 9.73. The molecule has 0 spiro atoms. The van der Waals surface area contributed by atoms with Gasteiger partial charge in [-0.3, -0.25) is 4.79 Å². The van der Waals surface area contributed by atoms with E-state index in [0.717, 1.165) is 0 Å². The van der Waals surface area contributed by atoms with Gasteiger partial charge in [0.1, 0.15) is 0 Å². The van der Waals surface area contributed by atoms with Crippen molar-refractivity contribution in [2.75, 3.05) is 6.61 Å². The lowest BCUT2D eigenvalue weighted by Crippen LogP contribution is -1.78. The van der Waals surface area contributed by atoms with Crippen LogP contribution in [0.1, 0.15) is 6.42 Å². The molecule has 0 aliphatic rings. The van der Waals surface area contributed by atoms with Crippen LogP contribution in [0.25, 0.3) is 0 Å². The highest BCUT2D eigenvalue weighted by Crippen LogP contribution is 1.96. The maximum Gasteiger partial charge on any atom is 0.161 e. The van der Waals surface area contributed by atoms with Crippen LogP contribution in [0.5, 0.6) is 0 Å². The van der Waals surface area contributed by atoms with Crippen molar-refractivity contribution in [1.29, 1.82) is 0 Å². The minimum atomic E-state index is 0.0318. The molecule has 0 saturated heterocycles. The molecule has 0 heterocycles. The molecule has 0 aliphatic heterocycles. The molecule has 0 radical (unpaired) electrons. The minimum absolute atomic E-state index is 0.0318. The van der Waals surface area contributed by atoms with Crippen molar-refractivity contribution in [2.24, 2.45) is 0 Å². The highest BCUT2D eigenvalue weighted by Gasteiger charge is 1.83. The summed E-state index contributed by atoms with van der Waals surface area (Å²) in [7, 11) is 0. The Bertz CT molecular complexity index is 98.6. The largest absolute Gasteiger partial charge is 0.396 e. The first kappa shape index (κ1) is 7.66. The third-order valence-electron chi connectivity index (χ3n) is 0.581. The smallest absolute Gasteiger partial charge is 0.161 e. The number of carbonyl (C=O) groups excluding carboxylic acids is 1. The molecule has 0 aromatic rings. The van der Waals surface area contributed by atoms with E-state index in [2.05, 4.69) is 0 Å². The minimum Gasteiger partial charge on any atom is -0.396 e. The Hall–Kier alpha value is -0.340. The first-order chi connectivity index (χ1) is 3.81. The average Bonchev–Trinajstić information content (AvgIpc) is 1.83. The van der Waals surface area contributed by atoms with Gasteiger partial charge >= 0.3 is 0 Å². The van der Waals surface area contributed by atoms with E-state index in [9.17, 15) is 4.79 Å². The summed E-state index contributed by atoms with van der Waals surface area (Å²) in [6, 6.07) is 0. The number of aliphatic hydroxyl groups is 1. The van der Waals surface area contributed by atoms with E-state index in [4.69, 9.17) is 16.7 Å². The van der Waals surface area contributed by atoms with Gasteiger partial charge in [0, 0.05) is 6.61 Å². The molecule has 8 heavy (non-hydrogen) atoms. The van der Waals surface area contributed by atoms with Gasteiger partial charge in [0.2, 0.25) is 0 Å². The standard InChI is InChI=1S/C5H7ClO2/c6-5(4-8)2-1-3-7/h2,4,7H,1,3H2. The zero-order chi connectivity index (χ0) is 6.41. The lowest BCUT2D eigenvalue weighted by atomic mass is 10.4. The van der Waals surface area contributed by atoms with Gasteiger partial charge in [-0.15, -0.1) is 0 Å². The van der Waals surface area contributed by atoms with Gasteiger partial charge in [0.15, 0.2) is 6.29 Å². The summed E-state index contributed by atoms with van der Waals surface area (Å²) in [6.07, 6.45) is 2.45. The molecule has 0 bridgehead atoms. The van der Waals surface area contributed by atoms with Gasteiger partial charge in [-0.25, -0.2) is 0 Å². The fourth-order valence-corrected chi connectivity index (χ4v) is 0.360. The van der Waals surface area contributed by atoms with Crippen LogP contribution in [0, 0.1) is 0 Å². The van der Waals surface area contributed by atoms with Gasteiger partial charge in [-0.05, 0) is 6.42 Å². The molecule has 1 N–H and O–H groups in total. The molecule has 0 rings (SSSR count). The van der Waals surface area contributed by atoms with Crippen molar-refractivity contribution < 1.29 is 9.90 Å². The van der Waals surface area contributed by atoms with Gasteiger partial charge in [0.25, 0.3) is 0 Å². The lowest BCUT2D eigenvalue weighted by molar-refractivity contribution is -0.104. The second kappa shape index (κ2) is 4.81. The predicted molar refractivity (Wildman–Crippen MR) is 31.7 cm³/mol. The summed E-state index contributed by atoms with van der Waals surface area (Å²) in [5.41, 5.74) is 0. The summed E-state index contributed by atoms with van der Waals surface area (Å²) in [5.74, 6) is 0. The van der Waals surface area contributed by atoms with E-state index in [1.165, 1.54) is 6.08 Å². The molecule has 3 heteroatoms. The van der Waals surface area contributed by atoms with E-state index in [1.54, 1.807) is 0 Å². The topological polar surface area (TPSA) is 37.3 Å². The number of rotatable bonds is 3. The van der Waals surface area contributed by atoms with Crippen molar-refractivity contribution in [3.05, 3.63) is 11.1 Å². The average molecular weight is 135 g/mol. The number of hydrogen-bond acceptors (Lipinski definition) is 2. The molecular formula is C5H7ClO2. The zero-order valence-corrected chi connectivity index (χ0v) is 5.06. The van der Waals surface area contributed by atoms with Crippen LogP contribution in [0.15, 0.2) is 11.1 Å². The number of aliphatic hydroxyl groups excluding tert-OH is 1. The maximum atomic E-state index is 9.73. The summed E-state index contributed by atoms with van der Waals surface area (Å²) in [4.78, 5) is 9.73. The third kappa shape index (κ3) is 3.84. The number of hydrogen-bond donors (Lipinski definition) is 1. The quantitative estimate of drug-likeness (QED) is 0.456. The fraction of sp³-hybridized carbons (Fsp3) is 0.400. The third-order valence-corrected chi connectivity index (χ3v) is 0.824. The summed E-state index contributed by atoms with van der Waals surface area (Å²) in [6.45, 7) is 0.0318. The highest BCUT2D eigenvalue weighted by molar-refractivity contribution is 6.38. The fourth-order valence-electron chi connectivity index (χ4n) is 0.251. The summed E-state index contributed by atoms with van der Waals surface area (Å²) >= 11 is 5.23. The van der Waals surface area contributed by atoms with E-state index >= 15 is 0 Å². The molecule has 0 unspecified atom stereocenters. The second-order valence-electron chi connectivity index (χ2n) is 1.22. The van der Waals surface area contributed by atoms with Crippen LogP contribution in [0.2, 0.25) is 0 Å². The highest BCUT2D eigenvalue weighted by atomic mass is 35.5. The second-order valence-corrected chi connectivity index (χ2v) is 1.66. The van der Waals surface area contributed by atoms with Crippen LogP contribution < -0.4 is 0 Å². The van der Waals surface area contributed by atoms with E-state index < -0.39 is 0 Å². The Morgan fingerprint density at radius 1 is 1.75 bits per heavy atom. The van der Waals surface area contributed by atoms with E-state index in [1.807, 2.05) is 0 Å². The van der Waals surface area contributed by atoms with Crippen molar-refractivity contribution in [3.8, 4) is 0 Å². The predicted octanol–water partition coefficient (Wildman–Crippen LogP) is 0.690. The molecular weight excluding hydrogens is 128 g/mol. The summed E-state index contributed by atoms with van der Waals surface area (Å²) in [5, 5.41) is 8.34. The lowest BCUT2D eigenvalue weighted by Gasteiger charge is -1.82. The SMILES string of the molecule is O=CC(Cl)=CCCO. The van der Waals surface area contributed by atoms with Crippen LogP contribution in [0.4, 0.5) is 0 Å². The zero-order valence-electron chi connectivity index (χ0n) is 4.30. The molecule has 0 amide bonds. The number of allylic oxidation sites excluding steroid dienone is 1. The summed E-state index contributed by atoms with van der Waals surface area (Å²) < 4.78 is 0. The van der Waals surface area contributed by atoms with E-state index in [-0.39, 0.29) is 11.6 Å². The Morgan fingerprint density at radius 3 is 2.75 bits per heavy atom. The van der Waals surface area contributed by atoms with Crippen molar-refractivity contribution in [3.63, 3.8) is 0 Å². The number of aldehydes is 1. The van der Waals surface area contributed by atoms with Crippen LogP contribution in [0.3, 0.4) is 0 Å². The molecule has 0 fully saturated rings. The Balaban J connectivity index is 3.40. The van der Waals surface area contributed by atoms with Gasteiger partial charge < -0.3 is 5.11 Å². The molecule has 0 aliphatic carbocycles. The first-order valence-electron chi connectivity index (χ1n) is 2.23. The van der Waals surface area contributed by atoms with E-state index in [0.29, 0.717) is 12.7 Å². The number of carbonyl (C=O) groups is 1. The normalized spacial score (nSPS) is 11.5. The van der Waals surface area contributed by atoms with Gasteiger partial charge in [-0.1, -0.05) is 17.7 Å². The molecule has 2 nitrogen and oxygen atoms in total. The van der Waals surface area contributed by atoms with Crippen molar-refractivity contribution in [1.82, 2.24) is 0 Å². The Labute approximate surface area is 52.8 Å². The molecule has 0 atom stereocenters. The molecule has 0 aromatic heterocycles. The monoisotopic (exact) mass is 134 g/mol. The number of halogens is 1. The molecule has 46 valence electrons. The van der Waals surface area contributed by atoms with Crippen LogP contribution in [-0.2, 0) is 4.79 Å². The van der Waals surface area contributed by atoms with Crippen LogP contribution >= 0.6 is 11.6 Å². The van der Waals surface area contributed by atoms with Gasteiger partial charge in [-0.2, -0.15) is 0 Å². The molecule has 0 aromatic carbocycles. The van der Waals surface area contributed by atoms with Gasteiger partial charge in [0.05, 0.1) is 5.03 Å². The van der Waals surface area contributed by atoms with Crippen LogP contribution in [-0.4, -0.2) is 18.0 Å².